The maximum Gasteiger partial charge on any atom is 0.267 e. The molecule has 1 heterocycles. The summed E-state index contributed by atoms with van der Waals surface area (Å²) in [5.41, 5.74) is 7.38. The summed E-state index contributed by atoms with van der Waals surface area (Å²) in [6.07, 6.45) is 0.163. The molecule has 182 valence electrons. The zero-order valence-corrected chi connectivity index (χ0v) is 20.6. The highest BCUT2D eigenvalue weighted by atomic mass is 32.2. The first kappa shape index (κ1) is 24.6. The van der Waals surface area contributed by atoms with Gasteiger partial charge in [-0.2, -0.15) is 0 Å². The zero-order valence-electron chi connectivity index (χ0n) is 19.7. The van der Waals surface area contributed by atoms with Crippen molar-refractivity contribution >= 4 is 21.8 Å². The van der Waals surface area contributed by atoms with Crippen LogP contribution in [-0.4, -0.2) is 25.8 Å². The molecule has 0 saturated heterocycles. The third-order valence-electron chi connectivity index (χ3n) is 6.17. The lowest BCUT2D eigenvalue weighted by Crippen LogP contribution is -2.43. The minimum atomic E-state index is -3.95. The highest BCUT2D eigenvalue weighted by molar-refractivity contribution is 7.90. The van der Waals surface area contributed by atoms with Gasteiger partial charge in [-0.1, -0.05) is 61.5 Å². The average molecular weight is 495 g/mol. The van der Waals surface area contributed by atoms with Gasteiger partial charge < -0.3 is 10.5 Å². The number of nitrogens with two attached hydrogens (primary N) is 1. The number of primary amides is 1. The van der Waals surface area contributed by atoms with E-state index >= 15 is 0 Å². The monoisotopic (exact) mass is 494 g/mol. The van der Waals surface area contributed by atoms with Crippen molar-refractivity contribution in [3.63, 3.8) is 0 Å². The van der Waals surface area contributed by atoms with Crippen molar-refractivity contribution in [1.29, 1.82) is 0 Å². The molecule has 0 aromatic heterocycles. The van der Waals surface area contributed by atoms with Crippen LogP contribution in [0.25, 0.3) is 11.1 Å². The normalized spacial score (nSPS) is 19.3. The fourth-order valence-corrected chi connectivity index (χ4v) is 6.27. The van der Waals surface area contributed by atoms with E-state index in [2.05, 4.69) is 4.40 Å². The van der Waals surface area contributed by atoms with Crippen LogP contribution in [0.1, 0.15) is 59.8 Å². The first-order chi connectivity index (χ1) is 16.5. The number of carbonyl (C=O) groups is 1. The summed E-state index contributed by atoms with van der Waals surface area (Å²) in [7, 11) is -3.95. The minimum Gasteiger partial charge on any atom is -0.472 e. The van der Waals surface area contributed by atoms with Crippen LogP contribution in [0.15, 0.2) is 77.2 Å². The summed E-state index contributed by atoms with van der Waals surface area (Å²) in [6, 6.07) is 20.4. The van der Waals surface area contributed by atoms with Crippen LogP contribution in [0, 0.1) is 5.82 Å². The van der Waals surface area contributed by atoms with Gasteiger partial charge in [0.25, 0.3) is 10.0 Å². The fourth-order valence-electron chi connectivity index (χ4n) is 4.51. The molecule has 0 saturated carbocycles. The summed E-state index contributed by atoms with van der Waals surface area (Å²) in [5.74, 6) is -1.08. The Morgan fingerprint density at radius 1 is 1.03 bits per heavy atom. The second-order valence-corrected chi connectivity index (χ2v) is 11.0. The fraction of sp³-hybridized carbons (Fsp3) is 0.259. The number of amides is 1. The van der Waals surface area contributed by atoms with E-state index in [0.717, 1.165) is 11.1 Å². The molecule has 3 aromatic rings. The molecule has 0 fully saturated rings. The molecule has 0 radical (unpaired) electrons. The second-order valence-electron chi connectivity index (χ2n) is 9.28. The molecular weight excluding hydrogens is 467 g/mol. The molecule has 0 aliphatic carbocycles. The number of nitrogens with zero attached hydrogens (tertiary/aromatic N) is 1. The van der Waals surface area contributed by atoms with E-state index in [-0.39, 0.29) is 24.1 Å². The van der Waals surface area contributed by atoms with Gasteiger partial charge in [-0.15, -0.1) is 4.40 Å². The molecule has 35 heavy (non-hydrogen) atoms. The van der Waals surface area contributed by atoms with Crippen molar-refractivity contribution in [1.82, 2.24) is 0 Å². The maximum absolute atomic E-state index is 14.2. The van der Waals surface area contributed by atoms with E-state index in [9.17, 15) is 17.6 Å². The quantitative estimate of drug-likeness (QED) is 0.498. The smallest absolute Gasteiger partial charge is 0.267 e. The number of carbonyl (C=O) groups excluding carboxylic acids is 1. The van der Waals surface area contributed by atoms with Crippen molar-refractivity contribution in [2.45, 2.75) is 44.0 Å². The molecule has 8 heteroatoms. The Morgan fingerprint density at radius 2 is 1.60 bits per heavy atom. The summed E-state index contributed by atoms with van der Waals surface area (Å²) in [4.78, 5) is 11.3. The average Bonchev–Trinajstić information content (AvgIpc) is 2.78. The van der Waals surface area contributed by atoms with Crippen LogP contribution in [-0.2, 0) is 14.8 Å². The number of rotatable bonds is 6. The Balaban J connectivity index is 1.59. The standard InChI is InChI=1S/C27H27FN2O4S/c1-17(22-6-4-5-7-23(22)28)16-24-30-35(32,33)25(27(2,3)34-24)20-12-8-18(9-13-20)19-10-14-21(15-11-19)26(29)31/h4-15,17,25H,16H2,1-3H3,(H2,29,31)/t17-,25?/m1/s1. The summed E-state index contributed by atoms with van der Waals surface area (Å²) in [6.45, 7) is 5.24. The first-order valence-electron chi connectivity index (χ1n) is 11.2. The second kappa shape index (κ2) is 9.26. The van der Waals surface area contributed by atoms with Gasteiger partial charge in [0, 0.05) is 12.0 Å². The van der Waals surface area contributed by atoms with Crippen LogP contribution >= 0.6 is 0 Å². The van der Waals surface area contributed by atoms with Gasteiger partial charge in [-0.25, -0.2) is 12.8 Å². The number of benzene rings is 3. The van der Waals surface area contributed by atoms with Gasteiger partial charge in [0.2, 0.25) is 11.8 Å². The van der Waals surface area contributed by atoms with Crippen LogP contribution in [0.4, 0.5) is 4.39 Å². The SMILES string of the molecule is C[C@H](CC1=NS(=O)(=O)C(c2ccc(-c3ccc(C(N)=O)cc3)cc2)C(C)(C)O1)c1ccccc1F. The molecule has 1 aliphatic heterocycles. The van der Waals surface area contributed by atoms with E-state index in [0.29, 0.717) is 16.7 Å². The van der Waals surface area contributed by atoms with Crippen molar-refractivity contribution in [2.75, 3.05) is 0 Å². The number of sulfonamides is 1. The topological polar surface area (TPSA) is 98.8 Å². The molecule has 2 N–H and O–H groups in total. The molecule has 0 bridgehead atoms. The van der Waals surface area contributed by atoms with E-state index in [4.69, 9.17) is 10.5 Å². The van der Waals surface area contributed by atoms with Gasteiger partial charge >= 0.3 is 0 Å². The maximum atomic E-state index is 14.2. The van der Waals surface area contributed by atoms with Gasteiger partial charge in [0.15, 0.2) is 0 Å². The van der Waals surface area contributed by atoms with Crippen LogP contribution in [0.5, 0.6) is 0 Å². The predicted octanol–water partition coefficient (Wildman–Crippen LogP) is 5.36. The summed E-state index contributed by atoms with van der Waals surface area (Å²) >= 11 is 0. The van der Waals surface area contributed by atoms with Crippen LogP contribution < -0.4 is 5.73 Å². The lowest BCUT2D eigenvalue weighted by Gasteiger charge is -2.37. The van der Waals surface area contributed by atoms with E-state index in [1.54, 1.807) is 68.4 Å². The number of halogens is 1. The Labute approximate surface area is 204 Å². The van der Waals surface area contributed by atoms with Crippen molar-refractivity contribution < 1.29 is 22.3 Å². The van der Waals surface area contributed by atoms with Gasteiger partial charge in [0.05, 0.1) is 0 Å². The number of hydrogen-bond acceptors (Lipinski definition) is 4. The molecule has 2 atom stereocenters. The predicted molar refractivity (Wildman–Crippen MR) is 134 cm³/mol. The molecule has 1 amide bonds. The zero-order chi connectivity index (χ0) is 25.4. The van der Waals surface area contributed by atoms with Gasteiger partial charge in [-0.05, 0) is 60.2 Å². The lowest BCUT2D eigenvalue weighted by molar-refractivity contribution is 0.0803. The molecular formula is C27H27FN2O4S. The molecule has 1 aliphatic rings. The highest BCUT2D eigenvalue weighted by Gasteiger charge is 2.47. The third-order valence-corrected chi connectivity index (χ3v) is 8.07. The molecule has 1 unspecified atom stereocenters. The number of ether oxygens (including phenoxy) is 1. The Bertz CT molecular complexity index is 1380. The Hall–Kier alpha value is -3.52. The minimum absolute atomic E-state index is 0.0770. The Morgan fingerprint density at radius 3 is 2.14 bits per heavy atom. The first-order valence-corrected chi connectivity index (χ1v) is 12.7. The van der Waals surface area contributed by atoms with Gasteiger partial charge in [-0.3, -0.25) is 4.79 Å². The lowest BCUT2D eigenvalue weighted by atomic mass is 9.94. The molecule has 3 aromatic carbocycles. The third kappa shape index (κ3) is 5.12. The van der Waals surface area contributed by atoms with Crippen LogP contribution in [0.2, 0.25) is 0 Å². The molecule has 0 spiro atoms. The largest absolute Gasteiger partial charge is 0.472 e. The van der Waals surface area contributed by atoms with Crippen molar-refractivity contribution in [2.24, 2.45) is 10.1 Å². The number of hydrogen-bond donors (Lipinski definition) is 1. The summed E-state index contributed by atoms with van der Waals surface area (Å²) in [5, 5.41) is -1.01. The highest BCUT2D eigenvalue weighted by Crippen LogP contribution is 2.42. The van der Waals surface area contributed by atoms with E-state index in [1.807, 2.05) is 19.1 Å². The van der Waals surface area contributed by atoms with Gasteiger partial charge in [0.1, 0.15) is 16.7 Å². The Kier molecular flexibility index (Phi) is 6.51. The summed E-state index contributed by atoms with van der Waals surface area (Å²) < 4.78 is 50.7. The van der Waals surface area contributed by atoms with Crippen molar-refractivity contribution in [3.05, 3.63) is 95.3 Å². The van der Waals surface area contributed by atoms with Crippen molar-refractivity contribution in [3.8, 4) is 11.1 Å². The van der Waals surface area contributed by atoms with Crippen LogP contribution in [0.3, 0.4) is 0 Å². The molecule has 6 nitrogen and oxygen atoms in total. The van der Waals surface area contributed by atoms with E-state index in [1.165, 1.54) is 6.07 Å². The molecule has 4 rings (SSSR count). The van der Waals surface area contributed by atoms with E-state index < -0.39 is 26.8 Å².